The van der Waals surface area contributed by atoms with Crippen molar-refractivity contribution in [2.75, 3.05) is 13.1 Å². The van der Waals surface area contributed by atoms with Crippen molar-refractivity contribution in [3.63, 3.8) is 0 Å². The molecule has 2 N–H and O–H groups in total. The highest BCUT2D eigenvalue weighted by atomic mass is 16.3. The van der Waals surface area contributed by atoms with Crippen molar-refractivity contribution in [1.82, 2.24) is 14.3 Å². The van der Waals surface area contributed by atoms with E-state index in [1.165, 1.54) is 12.5 Å². The summed E-state index contributed by atoms with van der Waals surface area (Å²) in [4.78, 5) is 16.8. The van der Waals surface area contributed by atoms with Gasteiger partial charge in [-0.25, -0.2) is 4.98 Å². The third-order valence-electron chi connectivity index (χ3n) is 4.54. The van der Waals surface area contributed by atoms with Gasteiger partial charge in [0.05, 0.1) is 12.5 Å². The number of carbonyl (C=O) groups excluding carboxylic acids is 1. The van der Waals surface area contributed by atoms with Crippen molar-refractivity contribution >= 4 is 11.4 Å². The summed E-state index contributed by atoms with van der Waals surface area (Å²) in [6.45, 7) is 5.29. The molecule has 1 amide bonds. The second-order valence-corrected chi connectivity index (χ2v) is 6.44. The number of hydrogen-bond acceptors (Lipinski definition) is 4. The summed E-state index contributed by atoms with van der Waals surface area (Å²) >= 11 is 0. The highest BCUT2D eigenvalue weighted by Gasteiger charge is 2.12. The van der Waals surface area contributed by atoms with E-state index in [1.54, 1.807) is 47.3 Å². The number of aromatic nitrogens is 2. The molecule has 6 nitrogen and oxygen atoms in total. The van der Waals surface area contributed by atoms with Gasteiger partial charge in [-0.3, -0.25) is 4.79 Å². The number of imidazole rings is 1. The highest BCUT2D eigenvalue weighted by molar-refractivity contribution is 5.87. The molecule has 0 spiro atoms. The fourth-order valence-corrected chi connectivity index (χ4v) is 3.07. The molecule has 1 aliphatic rings. The minimum Gasteiger partial charge on any atom is -0.508 e. The maximum atomic E-state index is 11.0. The number of fused-ring (bicyclic) bond motifs is 1. The summed E-state index contributed by atoms with van der Waals surface area (Å²) in [6, 6.07) is 8.51. The first kappa shape index (κ1) is 18.5. The number of piperidine rings is 1. The van der Waals surface area contributed by atoms with Gasteiger partial charge in [0.15, 0.2) is 0 Å². The predicted molar refractivity (Wildman–Crippen MR) is 105 cm³/mol. The molecule has 1 aromatic carbocycles. The Balaban J connectivity index is 0.000000180. The first-order chi connectivity index (χ1) is 13.1. The Bertz CT molecular complexity index is 925. The fraction of sp³-hybridized carbons (Fsp3) is 0.238. The van der Waals surface area contributed by atoms with Crippen LogP contribution in [0.3, 0.4) is 0 Å². The lowest BCUT2D eigenvalue weighted by Gasteiger charge is -2.25. The molecule has 0 atom stereocenters. The van der Waals surface area contributed by atoms with Gasteiger partial charge in [-0.2, -0.15) is 0 Å². The third kappa shape index (κ3) is 4.47. The Morgan fingerprint density at radius 3 is 2.44 bits per heavy atom. The molecular formula is C21H23N3O3. The van der Waals surface area contributed by atoms with E-state index < -0.39 is 0 Å². The molecule has 3 heterocycles. The second-order valence-electron chi connectivity index (χ2n) is 6.44. The van der Waals surface area contributed by atoms with E-state index in [-0.39, 0.29) is 17.4 Å². The molecule has 0 bridgehead atoms. The lowest BCUT2D eigenvalue weighted by Crippen LogP contribution is -2.34. The molecule has 0 aliphatic carbocycles. The summed E-state index contributed by atoms with van der Waals surface area (Å²) in [5.41, 5.74) is 2.47. The van der Waals surface area contributed by atoms with Crippen LogP contribution < -0.4 is 0 Å². The van der Waals surface area contributed by atoms with Crippen LogP contribution in [-0.4, -0.2) is 43.5 Å². The number of aromatic hydroxyl groups is 2. The zero-order valence-electron chi connectivity index (χ0n) is 15.1. The van der Waals surface area contributed by atoms with Crippen molar-refractivity contribution in [2.24, 2.45) is 0 Å². The number of carbonyl (C=O) groups is 1. The molecule has 0 radical (unpaired) electrons. The predicted octanol–water partition coefficient (Wildman–Crippen LogP) is 3.60. The van der Waals surface area contributed by atoms with Gasteiger partial charge in [0, 0.05) is 24.8 Å². The summed E-state index contributed by atoms with van der Waals surface area (Å²) in [5.74, 6) is 0.495. The zero-order valence-corrected chi connectivity index (χ0v) is 15.1. The molecule has 140 valence electrons. The van der Waals surface area contributed by atoms with Crippen molar-refractivity contribution in [1.29, 1.82) is 0 Å². The van der Waals surface area contributed by atoms with E-state index in [0.29, 0.717) is 5.52 Å². The van der Waals surface area contributed by atoms with Gasteiger partial charge in [-0.15, -0.1) is 0 Å². The van der Waals surface area contributed by atoms with Gasteiger partial charge in [-0.1, -0.05) is 18.7 Å². The van der Waals surface area contributed by atoms with E-state index in [4.69, 9.17) is 0 Å². The van der Waals surface area contributed by atoms with Crippen LogP contribution in [0.4, 0.5) is 0 Å². The van der Waals surface area contributed by atoms with Gasteiger partial charge in [-0.05, 0) is 49.1 Å². The standard InChI is InChI=1S/C13H10N2O2.C8H13NO/c16-11-3-1-9(2-4-11)10-5-13(17)12-6-14-8-15(12)7-10;1-2-8(10)9-6-4-3-5-7-9/h1-8,16-17H;2H,1,3-7H2. The average Bonchev–Trinajstić information content (AvgIpc) is 3.18. The fourth-order valence-electron chi connectivity index (χ4n) is 3.07. The van der Waals surface area contributed by atoms with Crippen LogP contribution in [0.25, 0.3) is 16.6 Å². The first-order valence-corrected chi connectivity index (χ1v) is 8.94. The Hall–Kier alpha value is -3.28. The molecule has 1 aliphatic heterocycles. The lowest BCUT2D eigenvalue weighted by molar-refractivity contribution is -0.126. The van der Waals surface area contributed by atoms with Gasteiger partial charge in [0.2, 0.25) is 5.91 Å². The number of rotatable bonds is 2. The van der Waals surface area contributed by atoms with E-state index >= 15 is 0 Å². The van der Waals surface area contributed by atoms with Crippen LogP contribution in [0.1, 0.15) is 19.3 Å². The highest BCUT2D eigenvalue weighted by Crippen LogP contribution is 2.27. The molecule has 0 unspecified atom stereocenters. The number of phenols is 1. The number of nitrogens with zero attached hydrogens (tertiary/aromatic N) is 3. The van der Waals surface area contributed by atoms with Crippen LogP contribution in [0, 0.1) is 0 Å². The molecule has 1 fully saturated rings. The topological polar surface area (TPSA) is 78.1 Å². The van der Waals surface area contributed by atoms with Crippen molar-refractivity contribution in [3.8, 4) is 22.6 Å². The van der Waals surface area contributed by atoms with Gasteiger partial charge in [0.1, 0.15) is 17.0 Å². The van der Waals surface area contributed by atoms with Gasteiger partial charge >= 0.3 is 0 Å². The summed E-state index contributed by atoms with van der Waals surface area (Å²) in [7, 11) is 0. The summed E-state index contributed by atoms with van der Waals surface area (Å²) in [6.07, 6.45) is 10.1. The second kappa shape index (κ2) is 8.40. The molecule has 1 saturated heterocycles. The first-order valence-electron chi connectivity index (χ1n) is 8.94. The number of phenolic OH excluding ortho intramolecular Hbond substituents is 1. The van der Waals surface area contributed by atoms with Crippen LogP contribution in [0.5, 0.6) is 11.5 Å². The van der Waals surface area contributed by atoms with Gasteiger partial charge < -0.3 is 19.5 Å². The van der Waals surface area contributed by atoms with E-state index in [0.717, 1.165) is 37.1 Å². The zero-order chi connectivity index (χ0) is 19.2. The van der Waals surface area contributed by atoms with E-state index in [1.807, 2.05) is 11.1 Å². The average molecular weight is 365 g/mol. The number of hydrogen-bond donors (Lipinski definition) is 2. The molecular weight excluding hydrogens is 342 g/mol. The van der Waals surface area contributed by atoms with E-state index in [2.05, 4.69) is 11.6 Å². The number of amides is 1. The molecule has 3 aromatic rings. The van der Waals surface area contributed by atoms with E-state index in [9.17, 15) is 15.0 Å². The number of pyridine rings is 1. The molecule has 6 heteroatoms. The maximum absolute atomic E-state index is 11.0. The number of benzene rings is 1. The van der Waals surface area contributed by atoms with Crippen molar-refractivity contribution in [3.05, 3.63) is 61.7 Å². The van der Waals surface area contributed by atoms with Crippen molar-refractivity contribution in [2.45, 2.75) is 19.3 Å². The van der Waals surface area contributed by atoms with Crippen LogP contribution >= 0.6 is 0 Å². The Morgan fingerprint density at radius 2 is 1.78 bits per heavy atom. The van der Waals surface area contributed by atoms with Crippen LogP contribution in [-0.2, 0) is 4.79 Å². The van der Waals surface area contributed by atoms with Crippen LogP contribution in [0.15, 0.2) is 61.7 Å². The summed E-state index contributed by atoms with van der Waals surface area (Å²) in [5, 5.41) is 19.1. The largest absolute Gasteiger partial charge is 0.508 e. The molecule has 2 aromatic heterocycles. The number of likely N-dealkylation sites (tertiary alicyclic amines) is 1. The Labute approximate surface area is 158 Å². The molecule has 0 saturated carbocycles. The van der Waals surface area contributed by atoms with Crippen LogP contribution in [0.2, 0.25) is 0 Å². The van der Waals surface area contributed by atoms with Gasteiger partial charge in [0.25, 0.3) is 0 Å². The van der Waals surface area contributed by atoms with Crippen molar-refractivity contribution < 1.29 is 15.0 Å². The third-order valence-corrected chi connectivity index (χ3v) is 4.54. The normalized spacial score (nSPS) is 13.7. The smallest absolute Gasteiger partial charge is 0.245 e. The molecule has 4 rings (SSSR count). The quantitative estimate of drug-likeness (QED) is 0.680. The molecule has 27 heavy (non-hydrogen) atoms. The maximum Gasteiger partial charge on any atom is 0.245 e. The monoisotopic (exact) mass is 365 g/mol. The Kier molecular flexibility index (Phi) is 5.76. The summed E-state index contributed by atoms with van der Waals surface area (Å²) < 4.78 is 1.76. The minimum atomic E-state index is 0.0831. The minimum absolute atomic E-state index is 0.0831. The SMILES string of the molecule is C=CC(=O)N1CCCCC1.Oc1ccc(-c2cc(O)c3cncn3c2)cc1. The Morgan fingerprint density at radius 1 is 1.07 bits per heavy atom. The lowest BCUT2D eigenvalue weighted by atomic mass is 10.1.